The number of carbonyl (C=O) groups is 2. The second kappa shape index (κ2) is 5.57. The van der Waals surface area contributed by atoms with Crippen LogP contribution in [0.5, 0.6) is 0 Å². The van der Waals surface area contributed by atoms with E-state index in [1.165, 1.54) is 30.0 Å². The van der Waals surface area contributed by atoms with Gasteiger partial charge in [-0.2, -0.15) is 0 Å². The van der Waals surface area contributed by atoms with Crippen LogP contribution >= 0.6 is 11.6 Å². The quantitative estimate of drug-likeness (QED) is 0.921. The van der Waals surface area contributed by atoms with Gasteiger partial charge in [0.1, 0.15) is 12.4 Å². The number of nitrogens with zero attached hydrogens (tertiary/aromatic N) is 1. The van der Waals surface area contributed by atoms with Crippen molar-refractivity contribution in [2.75, 3.05) is 11.4 Å². The van der Waals surface area contributed by atoms with Crippen LogP contribution in [0.15, 0.2) is 18.2 Å². The van der Waals surface area contributed by atoms with Crippen LogP contribution in [0.25, 0.3) is 0 Å². The van der Waals surface area contributed by atoms with Crippen molar-refractivity contribution in [3.05, 3.63) is 29.0 Å². The molecule has 0 heterocycles. The molecule has 1 aromatic rings. The molecular weight excluding hydrogens is 271 g/mol. The summed E-state index contributed by atoms with van der Waals surface area (Å²) in [4.78, 5) is 24.6. The summed E-state index contributed by atoms with van der Waals surface area (Å²) in [6, 6.07) is 4.17. The average molecular weight is 285 g/mol. The molecule has 1 aliphatic rings. The van der Waals surface area contributed by atoms with E-state index in [-0.39, 0.29) is 29.4 Å². The third kappa shape index (κ3) is 3.67. The number of hydrogen-bond acceptors (Lipinski definition) is 2. The summed E-state index contributed by atoms with van der Waals surface area (Å²) in [7, 11) is 0. The van der Waals surface area contributed by atoms with E-state index < -0.39 is 5.82 Å². The first kappa shape index (κ1) is 13.8. The van der Waals surface area contributed by atoms with E-state index in [4.69, 9.17) is 11.6 Å². The molecule has 0 aliphatic heterocycles. The molecule has 1 fully saturated rings. The first-order chi connectivity index (χ1) is 8.97. The second-order valence-electron chi connectivity index (χ2n) is 4.55. The van der Waals surface area contributed by atoms with Crippen molar-refractivity contribution in [3.63, 3.8) is 0 Å². The lowest BCUT2D eigenvalue weighted by Crippen LogP contribution is -2.40. The summed E-state index contributed by atoms with van der Waals surface area (Å²) in [6.45, 7) is 1.26. The molecular formula is C13H14ClFN2O2. The Morgan fingerprint density at radius 3 is 2.68 bits per heavy atom. The Hall–Kier alpha value is -1.62. The van der Waals surface area contributed by atoms with Crippen molar-refractivity contribution in [2.24, 2.45) is 0 Å². The van der Waals surface area contributed by atoms with E-state index >= 15 is 0 Å². The molecule has 0 bridgehead atoms. The minimum Gasteiger partial charge on any atom is -0.352 e. The predicted molar refractivity (Wildman–Crippen MR) is 70.6 cm³/mol. The van der Waals surface area contributed by atoms with Crippen LogP contribution in [0, 0.1) is 5.82 Å². The molecule has 2 amide bonds. The van der Waals surface area contributed by atoms with Crippen LogP contribution in [0.4, 0.5) is 10.1 Å². The van der Waals surface area contributed by atoms with Crippen LogP contribution in [0.2, 0.25) is 5.02 Å². The zero-order valence-corrected chi connectivity index (χ0v) is 11.2. The van der Waals surface area contributed by atoms with E-state index in [1.807, 2.05) is 0 Å². The Morgan fingerprint density at radius 1 is 1.47 bits per heavy atom. The second-order valence-corrected chi connectivity index (χ2v) is 4.95. The van der Waals surface area contributed by atoms with Gasteiger partial charge < -0.3 is 10.2 Å². The van der Waals surface area contributed by atoms with Crippen molar-refractivity contribution in [3.8, 4) is 0 Å². The molecule has 0 saturated heterocycles. The maximum Gasteiger partial charge on any atom is 0.240 e. The van der Waals surface area contributed by atoms with Gasteiger partial charge in [0.2, 0.25) is 11.8 Å². The number of carbonyl (C=O) groups excluding carboxylic acids is 2. The van der Waals surface area contributed by atoms with Gasteiger partial charge in [-0.25, -0.2) is 4.39 Å². The number of halogens is 2. The number of nitrogens with one attached hydrogen (secondary N) is 1. The Bertz CT molecular complexity index is 517. The topological polar surface area (TPSA) is 49.4 Å². The third-order valence-electron chi connectivity index (χ3n) is 2.84. The summed E-state index contributed by atoms with van der Waals surface area (Å²) in [5.41, 5.74) is 0.407. The van der Waals surface area contributed by atoms with E-state index in [1.54, 1.807) is 0 Å². The maximum absolute atomic E-state index is 13.1. The minimum atomic E-state index is -0.559. The van der Waals surface area contributed by atoms with Gasteiger partial charge in [0, 0.05) is 18.7 Å². The highest BCUT2D eigenvalue weighted by atomic mass is 35.5. The first-order valence-corrected chi connectivity index (χ1v) is 6.37. The number of amides is 2. The Balaban J connectivity index is 2.11. The third-order valence-corrected chi connectivity index (χ3v) is 3.13. The lowest BCUT2D eigenvalue weighted by Gasteiger charge is -2.21. The van der Waals surface area contributed by atoms with Crippen molar-refractivity contribution in [2.45, 2.75) is 25.8 Å². The van der Waals surface area contributed by atoms with Gasteiger partial charge in [0.25, 0.3) is 0 Å². The zero-order valence-electron chi connectivity index (χ0n) is 10.5. The minimum absolute atomic E-state index is 0.0775. The molecule has 1 aromatic carbocycles. The molecule has 0 spiro atoms. The number of rotatable bonds is 4. The molecule has 6 heteroatoms. The van der Waals surface area contributed by atoms with Gasteiger partial charge >= 0.3 is 0 Å². The van der Waals surface area contributed by atoms with Gasteiger partial charge in [-0.1, -0.05) is 11.6 Å². The van der Waals surface area contributed by atoms with Gasteiger partial charge in [-0.3, -0.25) is 9.59 Å². The lowest BCUT2D eigenvalue weighted by molar-refractivity contribution is -0.123. The molecule has 4 nitrogen and oxygen atoms in total. The van der Waals surface area contributed by atoms with Gasteiger partial charge in [-0.15, -0.1) is 0 Å². The van der Waals surface area contributed by atoms with E-state index in [9.17, 15) is 14.0 Å². The molecule has 0 radical (unpaired) electrons. The highest BCUT2D eigenvalue weighted by molar-refractivity contribution is 6.31. The standard InChI is InChI=1S/C13H14ClFN2O2/c1-8(18)17(7-13(19)16-9-2-3-9)10-4-5-12(15)11(14)6-10/h4-6,9H,2-3,7H2,1H3,(H,16,19). The normalized spacial score (nSPS) is 14.1. The van der Waals surface area contributed by atoms with E-state index in [2.05, 4.69) is 5.32 Å². The van der Waals surface area contributed by atoms with Crippen molar-refractivity contribution < 1.29 is 14.0 Å². The highest BCUT2D eigenvalue weighted by Crippen LogP contribution is 2.23. The Kier molecular flexibility index (Phi) is 4.04. The van der Waals surface area contributed by atoms with Gasteiger partial charge in [0.05, 0.1) is 5.02 Å². The summed E-state index contributed by atoms with van der Waals surface area (Å²) < 4.78 is 13.1. The Morgan fingerprint density at radius 2 is 2.16 bits per heavy atom. The van der Waals surface area contributed by atoms with Crippen molar-refractivity contribution in [1.82, 2.24) is 5.32 Å². The van der Waals surface area contributed by atoms with Gasteiger partial charge in [0.15, 0.2) is 0 Å². The molecule has 102 valence electrons. The average Bonchev–Trinajstić information content (AvgIpc) is 3.13. The first-order valence-electron chi connectivity index (χ1n) is 6.00. The monoisotopic (exact) mass is 284 g/mol. The molecule has 0 aromatic heterocycles. The highest BCUT2D eigenvalue weighted by Gasteiger charge is 2.25. The van der Waals surface area contributed by atoms with Crippen molar-refractivity contribution >= 4 is 29.1 Å². The predicted octanol–water partition coefficient (Wildman–Crippen LogP) is 2.11. The molecule has 1 aliphatic carbocycles. The fraction of sp³-hybridized carbons (Fsp3) is 0.385. The van der Waals surface area contributed by atoms with Crippen LogP contribution in [0.3, 0.4) is 0 Å². The fourth-order valence-electron chi connectivity index (χ4n) is 1.68. The Labute approximate surface area is 115 Å². The van der Waals surface area contributed by atoms with E-state index in [0.29, 0.717) is 5.69 Å². The smallest absolute Gasteiger partial charge is 0.240 e. The lowest BCUT2D eigenvalue weighted by atomic mass is 10.2. The number of benzene rings is 1. The van der Waals surface area contributed by atoms with Crippen molar-refractivity contribution in [1.29, 1.82) is 0 Å². The zero-order chi connectivity index (χ0) is 14.0. The summed E-state index contributed by atoms with van der Waals surface area (Å²) in [5.74, 6) is -1.08. The van der Waals surface area contributed by atoms with Crippen LogP contribution < -0.4 is 10.2 Å². The fourth-order valence-corrected chi connectivity index (χ4v) is 1.86. The van der Waals surface area contributed by atoms with Gasteiger partial charge in [-0.05, 0) is 31.0 Å². The number of anilines is 1. The molecule has 19 heavy (non-hydrogen) atoms. The molecule has 1 N–H and O–H groups in total. The molecule has 0 unspecified atom stereocenters. The van der Waals surface area contributed by atoms with E-state index in [0.717, 1.165) is 12.8 Å². The largest absolute Gasteiger partial charge is 0.352 e. The summed E-state index contributed by atoms with van der Waals surface area (Å²) >= 11 is 5.68. The maximum atomic E-state index is 13.1. The van der Waals surface area contributed by atoms with Crippen LogP contribution in [0.1, 0.15) is 19.8 Å². The summed E-state index contributed by atoms with van der Waals surface area (Å²) in [6.07, 6.45) is 1.96. The molecule has 0 atom stereocenters. The molecule has 2 rings (SSSR count). The van der Waals surface area contributed by atoms with Crippen LogP contribution in [-0.2, 0) is 9.59 Å². The SMILES string of the molecule is CC(=O)N(CC(=O)NC1CC1)c1ccc(F)c(Cl)c1. The van der Waals surface area contributed by atoms with Crippen LogP contribution in [-0.4, -0.2) is 24.4 Å². The molecule has 1 saturated carbocycles. The number of hydrogen-bond donors (Lipinski definition) is 1. The summed E-state index contributed by atoms with van der Waals surface area (Å²) in [5, 5.41) is 2.72.